The first-order valence-electron chi connectivity index (χ1n) is 11.6. The lowest BCUT2D eigenvalue weighted by molar-refractivity contribution is -0.122. The van der Waals surface area contributed by atoms with Gasteiger partial charge in [-0.2, -0.15) is 0 Å². The van der Waals surface area contributed by atoms with Gasteiger partial charge >= 0.3 is 11.9 Å². The molecule has 0 aliphatic heterocycles. The molecule has 1 fully saturated rings. The van der Waals surface area contributed by atoms with E-state index in [4.69, 9.17) is 0 Å². The predicted octanol–water partition coefficient (Wildman–Crippen LogP) is 5.17. The zero-order chi connectivity index (χ0) is 26.5. The highest BCUT2D eigenvalue weighted by Crippen LogP contribution is 2.40. The molecule has 6 nitrogen and oxygen atoms in total. The minimum absolute atomic E-state index is 0.000118. The van der Waals surface area contributed by atoms with E-state index in [0.717, 1.165) is 18.7 Å². The van der Waals surface area contributed by atoms with Crippen LogP contribution in [0.15, 0.2) is 66.7 Å². The molecule has 0 heterocycles. The number of rotatable bonds is 8. The monoisotopic (exact) mass is 505 g/mol. The third-order valence-electron chi connectivity index (χ3n) is 6.26. The van der Waals surface area contributed by atoms with Crippen LogP contribution in [0.4, 0.5) is 8.78 Å². The van der Waals surface area contributed by atoms with E-state index in [1.165, 1.54) is 31.4 Å². The minimum atomic E-state index is -0.851. The van der Waals surface area contributed by atoms with Gasteiger partial charge in [0.05, 0.1) is 19.8 Å². The first kappa shape index (κ1) is 25.8. The molecule has 0 saturated heterocycles. The number of esters is 2. The van der Waals surface area contributed by atoms with Crippen molar-refractivity contribution in [3.05, 3.63) is 101 Å². The van der Waals surface area contributed by atoms with Crippen LogP contribution in [0.2, 0.25) is 0 Å². The van der Waals surface area contributed by atoms with Crippen LogP contribution < -0.4 is 5.32 Å². The maximum atomic E-state index is 14.8. The quantitative estimate of drug-likeness (QED) is 0.427. The molecule has 2 atom stereocenters. The van der Waals surface area contributed by atoms with E-state index < -0.39 is 23.6 Å². The molecule has 37 heavy (non-hydrogen) atoms. The molecule has 0 spiro atoms. The minimum Gasteiger partial charge on any atom is -0.465 e. The second kappa shape index (κ2) is 11.2. The summed E-state index contributed by atoms with van der Waals surface area (Å²) in [6.07, 6.45) is 4.54. The first-order valence-corrected chi connectivity index (χ1v) is 11.6. The number of amides is 1. The molecule has 3 aromatic rings. The molecule has 8 heteroatoms. The Morgan fingerprint density at radius 2 is 1.68 bits per heavy atom. The third kappa shape index (κ3) is 5.91. The van der Waals surface area contributed by atoms with Crippen molar-refractivity contribution in [2.45, 2.75) is 13.0 Å². The first-order chi connectivity index (χ1) is 17.8. The van der Waals surface area contributed by atoms with Gasteiger partial charge in [-0.1, -0.05) is 48.6 Å². The molecule has 1 aliphatic carbocycles. The molecule has 4 rings (SSSR count). The Labute approximate surface area is 212 Å². The molecule has 3 aromatic carbocycles. The Kier molecular flexibility index (Phi) is 7.77. The third-order valence-corrected chi connectivity index (χ3v) is 6.26. The van der Waals surface area contributed by atoms with E-state index in [2.05, 4.69) is 14.8 Å². The highest BCUT2D eigenvalue weighted by Gasteiger charge is 2.40. The van der Waals surface area contributed by atoms with Crippen molar-refractivity contribution in [2.24, 2.45) is 11.8 Å². The molecule has 1 N–H and O–H groups in total. The molecule has 1 amide bonds. The van der Waals surface area contributed by atoms with Gasteiger partial charge < -0.3 is 14.8 Å². The zero-order valence-electron chi connectivity index (χ0n) is 20.3. The van der Waals surface area contributed by atoms with Crippen molar-refractivity contribution in [2.75, 3.05) is 14.2 Å². The van der Waals surface area contributed by atoms with E-state index >= 15 is 0 Å². The second-order valence-electron chi connectivity index (χ2n) is 8.66. The van der Waals surface area contributed by atoms with Crippen LogP contribution in [-0.4, -0.2) is 32.1 Å². The average molecular weight is 506 g/mol. The maximum Gasteiger partial charge on any atom is 0.341 e. The van der Waals surface area contributed by atoms with Gasteiger partial charge in [0.1, 0.15) is 17.2 Å². The summed E-state index contributed by atoms with van der Waals surface area (Å²) in [4.78, 5) is 36.0. The molecule has 0 aromatic heterocycles. The van der Waals surface area contributed by atoms with E-state index in [9.17, 15) is 23.2 Å². The fourth-order valence-electron chi connectivity index (χ4n) is 4.06. The summed E-state index contributed by atoms with van der Waals surface area (Å²) in [6.45, 7) is -0.000118. The summed E-state index contributed by atoms with van der Waals surface area (Å²) in [6, 6.07) is 15.3. The number of allylic oxidation sites excluding steroid dienone is 1. The van der Waals surface area contributed by atoms with Crippen LogP contribution in [0.3, 0.4) is 0 Å². The topological polar surface area (TPSA) is 81.7 Å². The SMILES string of the molecule is COC(=O)c1ccc(/C=C\C2CC2C(=O)NCc2ccc(-c3cccc(F)c3C(=O)OC)cc2F)cc1. The van der Waals surface area contributed by atoms with Gasteiger partial charge in [-0.05, 0) is 53.3 Å². The van der Waals surface area contributed by atoms with Gasteiger partial charge in [-0.25, -0.2) is 18.4 Å². The molecule has 1 saturated carbocycles. The van der Waals surface area contributed by atoms with Gasteiger partial charge in [0, 0.05) is 18.0 Å². The Balaban J connectivity index is 1.35. The molecular weight excluding hydrogens is 480 g/mol. The van der Waals surface area contributed by atoms with Crippen molar-refractivity contribution in [3.63, 3.8) is 0 Å². The number of halogens is 2. The number of hydrogen-bond acceptors (Lipinski definition) is 5. The van der Waals surface area contributed by atoms with Crippen LogP contribution in [0.5, 0.6) is 0 Å². The van der Waals surface area contributed by atoms with Crippen LogP contribution in [0, 0.1) is 23.5 Å². The average Bonchev–Trinajstić information content (AvgIpc) is 3.70. The van der Waals surface area contributed by atoms with Gasteiger partial charge in [-0.3, -0.25) is 4.79 Å². The van der Waals surface area contributed by atoms with Crippen molar-refractivity contribution in [1.82, 2.24) is 5.32 Å². The van der Waals surface area contributed by atoms with E-state index in [1.807, 2.05) is 12.2 Å². The Morgan fingerprint density at radius 3 is 2.35 bits per heavy atom. The number of benzene rings is 3. The van der Waals surface area contributed by atoms with E-state index in [0.29, 0.717) is 17.5 Å². The maximum absolute atomic E-state index is 14.8. The van der Waals surface area contributed by atoms with Gasteiger partial charge in [0.15, 0.2) is 0 Å². The van der Waals surface area contributed by atoms with Crippen molar-refractivity contribution in [1.29, 1.82) is 0 Å². The highest BCUT2D eigenvalue weighted by molar-refractivity contribution is 5.97. The summed E-state index contributed by atoms with van der Waals surface area (Å²) in [7, 11) is 2.47. The van der Waals surface area contributed by atoms with Crippen molar-refractivity contribution in [3.8, 4) is 11.1 Å². The summed E-state index contributed by atoms with van der Waals surface area (Å²) in [5.74, 6) is -2.87. The summed E-state index contributed by atoms with van der Waals surface area (Å²) < 4.78 is 38.4. The largest absolute Gasteiger partial charge is 0.465 e. The Hall–Kier alpha value is -4.33. The summed E-state index contributed by atoms with van der Waals surface area (Å²) in [5, 5.41) is 2.77. The van der Waals surface area contributed by atoms with Gasteiger partial charge in [0.25, 0.3) is 0 Å². The Bertz CT molecular complexity index is 1370. The van der Waals surface area contributed by atoms with E-state index in [1.54, 1.807) is 30.3 Å². The summed E-state index contributed by atoms with van der Waals surface area (Å²) in [5.41, 5.74) is 1.90. The molecule has 1 aliphatic rings. The van der Waals surface area contributed by atoms with Crippen molar-refractivity contribution >= 4 is 23.9 Å². The predicted molar refractivity (Wildman–Crippen MR) is 133 cm³/mol. The standard InChI is InChI=1S/C29H25F2NO5/c1-36-28(34)18-9-6-17(7-10-18)8-11-19-14-23(19)27(33)32-16-21-13-12-20(15-25(21)31)22-4-3-5-24(30)26(22)29(35)37-2/h3-13,15,19,23H,14,16H2,1-2H3,(H,32,33)/b11-8-. The van der Waals surface area contributed by atoms with E-state index in [-0.39, 0.29) is 41.0 Å². The van der Waals surface area contributed by atoms with Crippen LogP contribution in [-0.2, 0) is 20.8 Å². The van der Waals surface area contributed by atoms with Gasteiger partial charge in [0.2, 0.25) is 5.91 Å². The lowest BCUT2D eigenvalue weighted by Gasteiger charge is -2.11. The molecule has 190 valence electrons. The smallest absolute Gasteiger partial charge is 0.341 e. The highest BCUT2D eigenvalue weighted by atomic mass is 19.1. The van der Waals surface area contributed by atoms with Crippen LogP contribution in [0.25, 0.3) is 17.2 Å². The van der Waals surface area contributed by atoms with Gasteiger partial charge in [-0.15, -0.1) is 0 Å². The molecule has 0 bridgehead atoms. The number of nitrogens with one attached hydrogen (secondary N) is 1. The van der Waals surface area contributed by atoms with Crippen LogP contribution in [0.1, 0.15) is 38.3 Å². The number of carbonyl (C=O) groups is 3. The zero-order valence-corrected chi connectivity index (χ0v) is 20.3. The fourth-order valence-corrected chi connectivity index (χ4v) is 4.06. The molecule has 0 radical (unpaired) electrons. The lowest BCUT2D eigenvalue weighted by Crippen LogP contribution is -2.25. The number of ether oxygens (including phenoxy) is 2. The lowest BCUT2D eigenvalue weighted by atomic mass is 9.98. The normalized spacial score (nSPS) is 16.3. The van der Waals surface area contributed by atoms with Crippen molar-refractivity contribution < 1.29 is 32.6 Å². The number of hydrogen-bond donors (Lipinski definition) is 1. The summed E-state index contributed by atoms with van der Waals surface area (Å²) >= 11 is 0. The Morgan fingerprint density at radius 1 is 0.946 bits per heavy atom. The number of methoxy groups -OCH3 is 2. The van der Waals surface area contributed by atoms with Crippen LogP contribution >= 0.6 is 0 Å². The fraction of sp³-hybridized carbons (Fsp3) is 0.207. The molecular formula is C29H25F2NO5. The second-order valence-corrected chi connectivity index (χ2v) is 8.66. The number of carbonyl (C=O) groups excluding carboxylic acids is 3. The molecule has 2 unspecified atom stereocenters.